The van der Waals surface area contributed by atoms with E-state index in [4.69, 9.17) is 19.9 Å². The Kier molecular flexibility index (Phi) is 12.5. The van der Waals surface area contributed by atoms with E-state index in [1.165, 1.54) is 134 Å². The normalized spacial score (nSPS) is 15.1. The van der Waals surface area contributed by atoms with Gasteiger partial charge in [0, 0.05) is 45.2 Å². The van der Waals surface area contributed by atoms with Crippen molar-refractivity contribution < 1.29 is 0 Å². The van der Waals surface area contributed by atoms with Crippen molar-refractivity contribution in [3.8, 4) is 135 Å². The summed E-state index contributed by atoms with van der Waals surface area (Å²) in [6.45, 7) is 0. The van der Waals surface area contributed by atoms with E-state index in [1.807, 2.05) is 0 Å². The standard InChI is InChI=1S/C102H62N4/c1-3-23-65(24-4-1)99-103-91(63-49-45-61(46-50-63)69-35-21-43-89-97(69)79-33-13-19-41-87(79)101(89)83-37-15-9-27-71(83)72-28-10-16-38-84(72)101)59-93(105-99)67-53-55-77-81(57-67)95-75-31-7-8-32-76(75)96(77)82-58-68(54-56-78(82)95)94-60-92(104-100(106-94)66-25-5-2-6-26-66)64-51-47-62(48-52-64)70-36-22-44-90-98(70)80-34-14-20-42-88(80)102(90)85-39-17-11-29-73(85)74-30-12-18-40-86(74)102/h1-60,95-96H. The van der Waals surface area contributed by atoms with E-state index in [1.54, 1.807) is 0 Å². The molecule has 0 amide bonds. The fourth-order valence-electron chi connectivity index (χ4n) is 19.9. The maximum absolute atomic E-state index is 5.43. The van der Waals surface area contributed by atoms with E-state index in [2.05, 4.69) is 364 Å². The number of hydrogen-bond acceptors (Lipinski definition) is 4. The van der Waals surface area contributed by atoms with Gasteiger partial charge in [0.2, 0.25) is 0 Å². The van der Waals surface area contributed by atoms with Gasteiger partial charge in [-0.15, -0.1) is 0 Å². The predicted octanol–water partition coefficient (Wildman–Crippen LogP) is 24.3. The molecule has 2 aromatic heterocycles. The Balaban J connectivity index is 0.598. The van der Waals surface area contributed by atoms with E-state index >= 15 is 0 Å². The first-order valence-electron chi connectivity index (χ1n) is 36.9. The van der Waals surface area contributed by atoms with Crippen molar-refractivity contribution in [2.24, 2.45) is 0 Å². The van der Waals surface area contributed by atoms with Gasteiger partial charge in [0.25, 0.3) is 0 Å². The van der Waals surface area contributed by atoms with Gasteiger partial charge >= 0.3 is 0 Å². The van der Waals surface area contributed by atoms with Crippen LogP contribution in [0, 0.1) is 0 Å². The Bertz CT molecular complexity index is 6100. The second kappa shape index (κ2) is 22.5. The van der Waals surface area contributed by atoms with Gasteiger partial charge in [0.05, 0.1) is 33.6 Å². The first-order valence-corrected chi connectivity index (χ1v) is 36.9. The number of nitrogens with zero attached hydrogens (tertiary/aromatic N) is 4. The molecule has 2 bridgehead atoms. The van der Waals surface area contributed by atoms with E-state index in [-0.39, 0.29) is 11.8 Å². The highest BCUT2D eigenvalue weighted by molar-refractivity contribution is 6.02. The van der Waals surface area contributed by atoms with Crippen LogP contribution in [0.25, 0.3) is 135 Å². The summed E-state index contributed by atoms with van der Waals surface area (Å²) in [6, 6.07) is 135. The van der Waals surface area contributed by atoms with Gasteiger partial charge in [-0.3, -0.25) is 0 Å². The molecule has 4 heteroatoms. The zero-order chi connectivity index (χ0) is 69.3. The quantitative estimate of drug-likeness (QED) is 0.152. The molecule has 7 aliphatic carbocycles. The Morgan fingerprint density at radius 1 is 0.170 bits per heavy atom. The topological polar surface area (TPSA) is 51.6 Å². The van der Waals surface area contributed by atoms with Gasteiger partial charge in [-0.2, -0.15) is 0 Å². The summed E-state index contributed by atoms with van der Waals surface area (Å²) < 4.78 is 0. The van der Waals surface area contributed by atoms with Crippen molar-refractivity contribution >= 4 is 0 Å². The van der Waals surface area contributed by atoms with Gasteiger partial charge in [-0.1, -0.05) is 340 Å². The van der Waals surface area contributed by atoms with Crippen LogP contribution in [0.15, 0.2) is 364 Å². The van der Waals surface area contributed by atoms with Crippen molar-refractivity contribution in [2.45, 2.75) is 22.7 Å². The molecule has 15 aromatic carbocycles. The molecule has 2 spiro atoms. The lowest BCUT2D eigenvalue weighted by atomic mass is 9.60. The highest BCUT2D eigenvalue weighted by atomic mass is 14.9. The van der Waals surface area contributed by atoms with Gasteiger partial charge in [0.15, 0.2) is 11.6 Å². The molecule has 2 heterocycles. The molecular formula is C102H62N4. The molecule has 0 radical (unpaired) electrons. The third-order valence-electron chi connectivity index (χ3n) is 24.2. The molecule has 7 aliphatic rings. The first kappa shape index (κ1) is 59.0. The Morgan fingerprint density at radius 3 is 0.802 bits per heavy atom. The molecule has 4 nitrogen and oxygen atoms in total. The summed E-state index contributed by atoms with van der Waals surface area (Å²) in [7, 11) is 0. The summed E-state index contributed by atoms with van der Waals surface area (Å²) in [5.41, 5.74) is 42.7. The van der Waals surface area contributed by atoms with Crippen LogP contribution in [-0.2, 0) is 10.8 Å². The summed E-state index contributed by atoms with van der Waals surface area (Å²) in [6.07, 6.45) is 0. The summed E-state index contributed by atoms with van der Waals surface area (Å²) in [5, 5.41) is 0. The highest BCUT2D eigenvalue weighted by Crippen LogP contribution is 2.66. The number of fused-ring (bicyclic) bond motifs is 20. The van der Waals surface area contributed by atoms with E-state index in [0.29, 0.717) is 11.6 Å². The van der Waals surface area contributed by atoms with Crippen molar-refractivity contribution in [1.29, 1.82) is 0 Å². The lowest BCUT2D eigenvalue weighted by Gasteiger charge is -2.42. The maximum atomic E-state index is 5.43. The Morgan fingerprint density at radius 2 is 0.434 bits per heavy atom. The molecule has 106 heavy (non-hydrogen) atoms. The smallest absolute Gasteiger partial charge is 0.160 e. The number of hydrogen-bond donors (Lipinski definition) is 0. The minimum atomic E-state index is -0.411. The molecule has 2 atom stereocenters. The molecule has 0 saturated heterocycles. The SMILES string of the molecule is c1ccc(-c2nc(-c3ccc(-c4cccc5c4-c4ccccc4C54c5ccccc5-c5ccccc54)cc3)cc(-c3ccc4c(c3)C3c5ccccc5C4c4cc(-c5cc(-c6ccc(-c7cccc8c7-c7ccccc7C87c8ccccc8-c8ccccc87)cc6)nc(-c6ccccc6)n5)ccc43)n2)cc1. The van der Waals surface area contributed by atoms with Crippen molar-refractivity contribution in [1.82, 2.24) is 19.9 Å². The lowest BCUT2D eigenvalue weighted by molar-refractivity contribution is 0.755. The van der Waals surface area contributed by atoms with Crippen LogP contribution in [0.5, 0.6) is 0 Å². The fraction of sp³-hybridized carbons (Fsp3) is 0.0392. The van der Waals surface area contributed by atoms with Crippen LogP contribution in [0.3, 0.4) is 0 Å². The van der Waals surface area contributed by atoms with Crippen LogP contribution in [0.4, 0.5) is 0 Å². The molecule has 2 unspecified atom stereocenters. The molecule has 24 rings (SSSR count). The molecule has 0 N–H and O–H groups in total. The Labute approximate surface area is 615 Å². The minimum absolute atomic E-state index is 0.0103. The van der Waals surface area contributed by atoms with Gasteiger partial charge in [-0.05, 0) is 169 Å². The molecule has 17 aromatic rings. The number of benzene rings is 15. The Hall–Kier alpha value is -13.5. The maximum Gasteiger partial charge on any atom is 0.160 e. The fourth-order valence-corrected chi connectivity index (χ4v) is 19.9. The van der Waals surface area contributed by atoms with Gasteiger partial charge in [0.1, 0.15) is 0 Å². The van der Waals surface area contributed by atoms with Crippen LogP contribution in [0.1, 0.15) is 89.7 Å². The van der Waals surface area contributed by atoms with Crippen molar-refractivity contribution in [3.05, 3.63) is 442 Å². The molecule has 0 fully saturated rings. The van der Waals surface area contributed by atoms with E-state index in [0.717, 1.165) is 67.3 Å². The molecule has 490 valence electrons. The van der Waals surface area contributed by atoms with Crippen molar-refractivity contribution in [3.63, 3.8) is 0 Å². The van der Waals surface area contributed by atoms with Crippen LogP contribution < -0.4 is 0 Å². The average molecular weight is 1340 g/mol. The van der Waals surface area contributed by atoms with Crippen LogP contribution >= 0.6 is 0 Å². The zero-order valence-corrected chi connectivity index (χ0v) is 57.6. The zero-order valence-electron chi connectivity index (χ0n) is 57.6. The summed E-state index contributed by atoms with van der Waals surface area (Å²) in [5.74, 6) is 1.40. The average Bonchev–Trinajstić information content (AvgIpc) is 1.58. The van der Waals surface area contributed by atoms with Crippen LogP contribution in [-0.4, -0.2) is 19.9 Å². The number of rotatable bonds is 8. The second-order valence-corrected chi connectivity index (χ2v) is 29.2. The van der Waals surface area contributed by atoms with Gasteiger partial charge < -0.3 is 0 Å². The monoisotopic (exact) mass is 1340 g/mol. The third kappa shape index (κ3) is 8.18. The van der Waals surface area contributed by atoms with E-state index < -0.39 is 10.8 Å². The second-order valence-electron chi connectivity index (χ2n) is 29.2. The third-order valence-corrected chi connectivity index (χ3v) is 24.2. The largest absolute Gasteiger partial charge is 0.228 e. The summed E-state index contributed by atoms with van der Waals surface area (Å²) in [4.78, 5) is 21.6. The first-order chi connectivity index (χ1) is 52.6. The summed E-state index contributed by atoms with van der Waals surface area (Å²) >= 11 is 0. The van der Waals surface area contributed by atoms with Crippen LogP contribution in [0.2, 0.25) is 0 Å². The molecule has 0 saturated carbocycles. The van der Waals surface area contributed by atoms with E-state index in [9.17, 15) is 0 Å². The molecule has 0 aliphatic heterocycles. The van der Waals surface area contributed by atoms with Gasteiger partial charge in [-0.25, -0.2) is 19.9 Å². The molecular weight excluding hydrogens is 1280 g/mol. The minimum Gasteiger partial charge on any atom is -0.228 e. The highest BCUT2D eigenvalue weighted by Gasteiger charge is 2.54. The van der Waals surface area contributed by atoms with Crippen molar-refractivity contribution in [2.75, 3.05) is 0 Å². The number of aromatic nitrogens is 4. The predicted molar refractivity (Wildman–Crippen MR) is 428 cm³/mol. The lowest BCUT2D eigenvalue weighted by Crippen LogP contribution is -2.27.